The Bertz CT molecular complexity index is 695. The van der Waals surface area contributed by atoms with Crippen LogP contribution in [0.5, 0.6) is 0 Å². The highest BCUT2D eigenvalue weighted by molar-refractivity contribution is 5.79. The Morgan fingerprint density at radius 2 is 1.79 bits per heavy atom. The van der Waals surface area contributed by atoms with Gasteiger partial charge in [0, 0.05) is 52.7 Å². The molecule has 0 spiro atoms. The number of aliphatic imine (C=N–C) groups is 1. The van der Waals surface area contributed by atoms with Gasteiger partial charge in [0.15, 0.2) is 5.96 Å². The van der Waals surface area contributed by atoms with Crippen molar-refractivity contribution in [3.63, 3.8) is 0 Å². The zero-order valence-corrected chi connectivity index (χ0v) is 16.7. The van der Waals surface area contributed by atoms with Gasteiger partial charge in [-0.15, -0.1) is 0 Å². The minimum atomic E-state index is -0.229. The molecule has 0 bridgehead atoms. The van der Waals surface area contributed by atoms with E-state index < -0.39 is 0 Å². The molecule has 1 fully saturated rings. The monoisotopic (exact) mass is 385 g/mol. The minimum absolute atomic E-state index is 0.229. The van der Waals surface area contributed by atoms with E-state index in [0.29, 0.717) is 6.54 Å². The molecule has 2 N–H and O–H groups in total. The second kappa shape index (κ2) is 10.9. The lowest BCUT2D eigenvalue weighted by molar-refractivity contribution is -0.0828. The van der Waals surface area contributed by atoms with Gasteiger partial charge < -0.3 is 24.5 Å². The van der Waals surface area contributed by atoms with Crippen LogP contribution < -0.4 is 10.6 Å². The van der Waals surface area contributed by atoms with Gasteiger partial charge in [-0.1, -0.05) is 30.3 Å². The van der Waals surface area contributed by atoms with Crippen molar-refractivity contribution in [1.82, 2.24) is 10.6 Å². The van der Waals surface area contributed by atoms with Crippen molar-refractivity contribution < 1.29 is 13.9 Å². The summed E-state index contributed by atoms with van der Waals surface area (Å²) in [5.74, 6) is 1.78. The summed E-state index contributed by atoms with van der Waals surface area (Å²) in [6.07, 6.45) is 5.21. The highest BCUT2D eigenvalue weighted by atomic mass is 16.5. The second-order valence-corrected chi connectivity index (χ2v) is 7.08. The summed E-state index contributed by atoms with van der Waals surface area (Å²) in [4.78, 5) is 4.82. The third-order valence-corrected chi connectivity index (χ3v) is 5.16. The highest BCUT2D eigenvalue weighted by Gasteiger charge is 2.32. The number of guanidine groups is 1. The van der Waals surface area contributed by atoms with E-state index in [1.54, 1.807) is 13.4 Å². The van der Waals surface area contributed by atoms with Crippen LogP contribution in [-0.4, -0.2) is 51.5 Å². The number of nitrogens with zero attached hydrogens (tertiary/aromatic N) is 1. The number of rotatable bonds is 9. The van der Waals surface area contributed by atoms with Crippen molar-refractivity contribution in [2.24, 2.45) is 4.99 Å². The molecule has 0 saturated carbocycles. The van der Waals surface area contributed by atoms with Gasteiger partial charge in [0.1, 0.15) is 5.76 Å². The van der Waals surface area contributed by atoms with Crippen LogP contribution >= 0.6 is 0 Å². The van der Waals surface area contributed by atoms with E-state index in [4.69, 9.17) is 18.9 Å². The van der Waals surface area contributed by atoms with Crippen LogP contribution in [0.15, 0.2) is 58.1 Å². The molecule has 0 radical (unpaired) electrons. The topological polar surface area (TPSA) is 68.0 Å². The zero-order chi connectivity index (χ0) is 19.5. The maximum Gasteiger partial charge on any atom is 0.191 e. The number of nitrogens with one attached hydrogen (secondary N) is 2. The normalized spacial score (nSPS) is 16.7. The van der Waals surface area contributed by atoms with E-state index >= 15 is 0 Å². The van der Waals surface area contributed by atoms with Crippen molar-refractivity contribution in [3.05, 3.63) is 60.1 Å². The summed E-state index contributed by atoms with van der Waals surface area (Å²) in [5, 5.41) is 6.87. The molecular formula is C22H31N3O3. The Balaban J connectivity index is 1.55. The third kappa shape index (κ3) is 6.39. The quantitative estimate of drug-likeness (QED) is 0.513. The van der Waals surface area contributed by atoms with Crippen LogP contribution in [-0.2, 0) is 22.3 Å². The third-order valence-electron chi connectivity index (χ3n) is 5.16. The first kappa shape index (κ1) is 20.4. The SMILES string of the molecule is COC1(CN=C(NCCc2ccccc2)NCCc2ccco2)CCOCC1. The van der Waals surface area contributed by atoms with E-state index in [-0.39, 0.29) is 5.60 Å². The first-order valence-electron chi connectivity index (χ1n) is 10.0. The van der Waals surface area contributed by atoms with Crippen LogP contribution in [0, 0.1) is 0 Å². The minimum Gasteiger partial charge on any atom is -0.469 e. The number of hydrogen-bond donors (Lipinski definition) is 2. The van der Waals surface area contributed by atoms with Gasteiger partial charge in [-0.05, 0) is 24.1 Å². The molecule has 0 atom stereocenters. The highest BCUT2D eigenvalue weighted by Crippen LogP contribution is 2.24. The average Bonchev–Trinajstić information content (AvgIpc) is 3.26. The lowest BCUT2D eigenvalue weighted by Gasteiger charge is -2.34. The Labute approximate surface area is 167 Å². The number of ether oxygens (including phenoxy) is 2. The van der Waals surface area contributed by atoms with Crippen LogP contribution in [0.2, 0.25) is 0 Å². The van der Waals surface area contributed by atoms with Gasteiger partial charge in [-0.25, -0.2) is 0 Å². The molecule has 6 nitrogen and oxygen atoms in total. The molecule has 0 aliphatic carbocycles. The second-order valence-electron chi connectivity index (χ2n) is 7.08. The summed E-state index contributed by atoms with van der Waals surface area (Å²) < 4.78 is 16.7. The molecule has 1 saturated heterocycles. The molecule has 6 heteroatoms. The summed E-state index contributed by atoms with van der Waals surface area (Å²) in [6.45, 7) is 3.65. The molecule has 2 aromatic rings. The fourth-order valence-corrected chi connectivity index (χ4v) is 3.30. The van der Waals surface area contributed by atoms with Crippen molar-refractivity contribution in [3.8, 4) is 0 Å². The van der Waals surface area contributed by atoms with Gasteiger partial charge in [0.25, 0.3) is 0 Å². The van der Waals surface area contributed by atoms with Crippen LogP contribution in [0.1, 0.15) is 24.2 Å². The van der Waals surface area contributed by atoms with Crippen molar-refractivity contribution in [2.75, 3.05) is 40.0 Å². The zero-order valence-electron chi connectivity index (χ0n) is 16.7. The lowest BCUT2D eigenvalue weighted by atomic mass is 9.94. The summed E-state index contributed by atoms with van der Waals surface area (Å²) in [5.41, 5.74) is 1.08. The molecule has 0 amide bonds. The fourth-order valence-electron chi connectivity index (χ4n) is 3.30. The van der Waals surface area contributed by atoms with Crippen molar-refractivity contribution >= 4 is 5.96 Å². The Kier molecular flexibility index (Phi) is 7.94. The van der Waals surface area contributed by atoms with Gasteiger partial charge >= 0.3 is 0 Å². The standard InChI is InChI=1S/C22H31N3O3/c1-26-22(11-16-27-17-12-22)18-25-21(24-14-10-20-8-5-15-28-20)23-13-9-19-6-3-2-4-7-19/h2-8,15H,9-14,16-18H2,1H3,(H2,23,24,25). The Morgan fingerprint density at radius 1 is 1.04 bits per heavy atom. The van der Waals surface area contributed by atoms with Crippen molar-refractivity contribution in [2.45, 2.75) is 31.3 Å². The predicted octanol–water partition coefficient (Wildman–Crippen LogP) is 2.80. The Morgan fingerprint density at radius 3 is 2.46 bits per heavy atom. The molecule has 1 aliphatic rings. The molecule has 1 aromatic carbocycles. The van der Waals surface area contributed by atoms with Crippen LogP contribution in [0.25, 0.3) is 0 Å². The number of hydrogen-bond acceptors (Lipinski definition) is 4. The summed E-state index contributed by atoms with van der Waals surface area (Å²) in [6, 6.07) is 14.4. The summed E-state index contributed by atoms with van der Waals surface area (Å²) in [7, 11) is 1.77. The average molecular weight is 386 g/mol. The molecule has 1 aliphatic heterocycles. The maximum atomic E-state index is 5.81. The number of benzene rings is 1. The van der Waals surface area contributed by atoms with E-state index in [1.807, 2.05) is 18.2 Å². The maximum absolute atomic E-state index is 5.81. The van der Waals surface area contributed by atoms with Gasteiger partial charge in [0.2, 0.25) is 0 Å². The molecular weight excluding hydrogens is 354 g/mol. The number of methoxy groups -OCH3 is 1. The van der Waals surface area contributed by atoms with Crippen molar-refractivity contribution in [1.29, 1.82) is 0 Å². The largest absolute Gasteiger partial charge is 0.469 e. The van der Waals surface area contributed by atoms with E-state index in [2.05, 4.69) is 34.9 Å². The van der Waals surface area contributed by atoms with E-state index in [0.717, 1.165) is 63.7 Å². The summed E-state index contributed by atoms with van der Waals surface area (Å²) >= 11 is 0. The van der Waals surface area contributed by atoms with Crippen LogP contribution in [0.4, 0.5) is 0 Å². The molecule has 1 aromatic heterocycles. The van der Waals surface area contributed by atoms with Gasteiger partial charge in [-0.2, -0.15) is 0 Å². The fraction of sp³-hybridized carbons (Fsp3) is 0.500. The van der Waals surface area contributed by atoms with E-state index in [1.165, 1.54) is 5.56 Å². The predicted molar refractivity (Wildman–Crippen MR) is 111 cm³/mol. The van der Waals surface area contributed by atoms with Gasteiger partial charge in [-0.3, -0.25) is 4.99 Å². The smallest absolute Gasteiger partial charge is 0.191 e. The lowest BCUT2D eigenvalue weighted by Crippen LogP contribution is -2.44. The first-order chi connectivity index (χ1) is 13.8. The van der Waals surface area contributed by atoms with Gasteiger partial charge in [0.05, 0.1) is 18.4 Å². The number of furan rings is 1. The molecule has 0 unspecified atom stereocenters. The molecule has 2 heterocycles. The molecule has 3 rings (SSSR count). The van der Waals surface area contributed by atoms with E-state index in [9.17, 15) is 0 Å². The molecule has 152 valence electrons. The van der Waals surface area contributed by atoms with Crippen LogP contribution in [0.3, 0.4) is 0 Å². The first-order valence-corrected chi connectivity index (χ1v) is 10.0. The Hall–Kier alpha value is -2.31. The molecule has 28 heavy (non-hydrogen) atoms.